The first-order valence-corrected chi connectivity index (χ1v) is 7.94. The third-order valence-corrected chi connectivity index (χ3v) is 4.86. The zero-order valence-electron chi connectivity index (χ0n) is 13.0. The Morgan fingerprint density at radius 3 is 2.95 bits per heavy atom. The summed E-state index contributed by atoms with van der Waals surface area (Å²) in [5, 5.41) is 3.45. The van der Waals surface area contributed by atoms with Gasteiger partial charge in [0.05, 0.1) is 12.6 Å². The van der Waals surface area contributed by atoms with E-state index in [0.717, 1.165) is 31.7 Å². The fourth-order valence-corrected chi connectivity index (χ4v) is 3.30. The van der Waals surface area contributed by atoms with Gasteiger partial charge in [-0.1, -0.05) is 6.92 Å². The summed E-state index contributed by atoms with van der Waals surface area (Å²) < 4.78 is 7.80. The third kappa shape index (κ3) is 3.05. The molecule has 0 radical (unpaired) electrons. The van der Waals surface area contributed by atoms with Crippen molar-refractivity contribution in [3.63, 3.8) is 0 Å². The van der Waals surface area contributed by atoms with Crippen LogP contribution >= 0.6 is 0 Å². The maximum absolute atomic E-state index is 5.43. The molecule has 0 saturated carbocycles. The largest absolute Gasteiger partial charge is 0.469 e. The molecule has 1 atom stereocenters. The van der Waals surface area contributed by atoms with Gasteiger partial charge in [-0.3, -0.25) is 0 Å². The summed E-state index contributed by atoms with van der Waals surface area (Å²) in [7, 11) is 0. The van der Waals surface area contributed by atoms with Crippen molar-refractivity contribution in [3.05, 3.63) is 42.4 Å². The van der Waals surface area contributed by atoms with Crippen LogP contribution in [0.5, 0.6) is 0 Å². The highest BCUT2D eigenvalue weighted by Gasteiger charge is 2.32. The number of nitrogens with one attached hydrogen (secondary N) is 1. The van der Waals surface area contributed by atoms with Crippen molar-refractivity contribution < 1.29 is 4.42 Å². The minimum atomic E-state index is 0.251. The molecule has 114 valence electrons. The third-order valence-electron chi connectivity index (χ3n) is 4.86. The van der Waals surface area contributed by atoms with Crippen molar-refractivity contribution in [2.45, 2.75) is 51.0 Å². The van der Waals surface area contributed by atoms with Crippen molar-refractivity contribution in [1.29, 1.82) is 0 Å². The molecule has 0 aliphatic carbocycles. The van der Waals surface area contributed by atoms with Crippen LogP contribution in [0, 0.1) is 0 Å². The van der Waals surface area contributed by atoms with Gasteiger partial charge in [0, 0.05) is 29.8 Å². The predicted octanol–water partition coefficient (Wildman–Crippen LogP) is 3.31. The smallest absolute Gasteiger partial charge is 0.103 e. The first kappa shape index (κ1) is 14.4. The standard InChI is InChI=1S/C17H25N3O/c1-14(5-6-15-4-3-11-21-15)20-13-19-12-16(20)17(2)7-9-18-10-8-17/h3-4,11-14,18H,5-10H2,1-2H3. The molecule has 1 saturated heterocycles. The second-order valence-electron chi connectivity index (χ2n) is 6.46. The normalized spacial score (nSPS) is 19.5. The summed E-state index contributed by atoms with van der Waals surface area (Å²) >= 11 is 0. The molecular weight excluding hydrogens is 262 g/mol. The van der Waals surface area contributed by atoms with Crippen LogP contribution in [0.25, 0.3) is 0 Å². The van der Waals surface area contributed by atoms with E-state index in [2.05, 4.69) is 41.0 Å². The topological polar surface area (TPSA) is 43.0 Å². The molecule has 1 fully saturated rings. The average Bonchev–Trinajstić information content (AvgIpc) is 3.17. The number of aromatic nitrogens is 2. The van der Waals surface area contributed by atoms with E-state index in [4.69, 9.17) is 4.42 Å². The van der Waals surface area contributed by atoms with Crippen LogP contribution in [0.1, 0.15) is 50.6 Å². The molecule has 1 N–H and O–H groups in total. The number of rotatable bonds is 5. The average molecular weight is 287 g/mol. The summed E-state index contributed by atoms with van der Waals surface area (Å²) in [5.41, 5.74) is 1.64. The molecule has 0 bridgehead atoms. The number of nitrogens with zero attached hydrogens (tertiary/aromatic N) is 2. The van der Waals surface area contributed by atoms with E-state index < -0.39 is 0 Å². The van der Waals surface area contributed by atoms with Gasteiger partial charge in [0.15, 0.2) is 0 Å². The minimum absolute atomic E-state index is 0.251. The Bertz CT molecular complexity index is 552. The molecule has 1 aliphatic rings. The molecule has 2 aromatic heterocycles. The second-order valence-corrected chi connectivity index (χ2v) is 6.46. The number of hydrogen-bond acceptors (Lipinski definition) is 3. The van der Waals surface area contributed by atoms with Crippen molar-refractivity contribution in [3.8, 4) is 0 Å². The number of hydrogen-bond donors (Lipinski definition) is 1. The quantitative estimate of drug-likeness (QED) is 0.917. The summed E-state index contributed by atoms with van der Waals surface area (Å²) in [6, 6.07) is 4.45. The first-order valence-electron chi connectivity index (χ1n) is 7.94. The molecule has 21 heavy (non-hydrogen) atoms. The summed E-state index contributed by atoms with van der Waals surface area (Å²) in [4.78, 5) is 4.43. The SMILES string of the molecule is CC(CCc1ccco1)n1cncc1C1(C)CCNCC1. The Hall–Kier alpha value is -1.55. The molecule has 4 heteroatoms. The van der Waals surface area contributed by atoms with Crippen molar-refractivity contribution in [2.24, 2.45) is 0 Å². The van der Waals surface area contributed by atoms with E-state index in [1.54, 1.807) is 6.26 Å². The fraction of sp³-hybridized carbons (Fsp3) is 0.588. The first-order chi connectivity index (χ1) is 10.2. The Balaban J connectivity index is 1.72. The van der Waals surface area contributed by atoms with E-state index in [-0.39, 0.29) is 5.41 Å². The lowest BCUT2D eigenvalue weighted by Crippen LogP contribution is -2.39. The summed E-state index contributed by atoms with van der Waals surface area (Å²) in [6.07, 6.45) is 10.2. The molecule has 4 nitrogen and oxygen atoms in total. The lowest BCUT2D eigenvalue weighted by atomic mass is 9.78. The highest BCUT2D eigenvalue weighted by Crippen LogP contribution is 2.34. The van der Waals surface area contributed by atoms with Crippen LogP contribution in [0.4, 0.5) is 0 Å². The fourth-order valence-electron chi connectivity index (χ4n) is 3.30. The van der Waals surface area contributed by atoms with Crippen LogP contribution in [0.3, 0.4) is 0 Å². The maximum Gasteiger partial charge on any atom is 0.103 e. The molecule has 0 aromatic carbocycles. The van der Waals surface area contributed by atoms with Crippen LogP contribution < -0.4 is 5.32 Å². The van der Waals surface area contributed by atoms with Crippen LogP contribution in [0.15, 0.2) is 35.3 Å². The molecule has 1 unspecified atom stereocenters. The maximum atomic E-state index is 5.43. The van der Waals surface area contributed by atoms with E-state index in [0.29, 0.717) is 6.04 Å². The van der Waals surface area contributed by atoms with Gasteiger partial charge in [0.2, 0.25) is 0 Å². The molecule has 2 aromatic rings. The number of imidazole rings is 1. The van der Waals surface area contributed by atoms with E-state index >= 15 is 0 Å². The van der Waals surface area contributed by atoms with Crippen molar-refractivity contribution in [1.82, 2.24) is 14.9 Å². The summed E-state index contributed by atoms with van der Waals surface area (Å²) in [6.45, 7) is 6.85. The summed E-state index contributed by atoms with van der Waals surface area (Å²) in [5.74, 6) is 1.07. The second kappa shape index (κ2) is 6.06. The Labute approximate surface area is 126 Å². The van der Waals surface area contributed by atoms with Crippen LogP contribution in [-0.2, 0) is 11.8 Å². The molecule has 3 heterocycles. The highest BCUT2D eigenvalue weighted by atomic mass is 16.3. The van der Waals surface area contributed by atoms with Gasteiger partial charge in [-0.25, -0.2) is 4.98 Å². The molecule has 0 amide bonds. The van der Waals surface area contributed by atoms with Crippen LogP contribution in [-0.4, -0.2) is 22.6 Å². The molecular formula is C17H25N3O. The van der Waals surface area contributed by atoms with Gasteiger partial charge in [-0.05, 0) is 51.4 Å². The zero-order valence-corrected chi connectivity index (χ0v) is 13.0. The van der Waals surface area contributed by atoms with Crippen molar-refractivity contribution >= 4 is 0 Å². The van der Waals surface area contributed by atoms with Gasteiger partial charge >= 0.3 is 0 Å². The van der Waals surface area contributed by atoms with E-state index in [1.165, 1.54) is 18.5 Å². The van der Waals surface area contributed by atoms with Gasteiger partial charge < -0.3 is 14.3 Å². The zero-order chi connectivity index (χ0) is 14.7. The number of aryl methyl sites for hydroxylation is 1. The van der Waals surface area contributed by atoms with Gasteiger partial charge in [-0.2, -0.15) is 0 Å². The lowest BCUT2D eigenvalue weighted by molar-refractivity contribution is 0.307. The van der Waals surface area contributed by atoms with Gasteiger partial charge in [-0.15, -0.1) is 0 Å². The minimum Gasteiger partial charge on any atom is -0.469 e. The molecule has 1 aliphatic heterocycles. The lowest BCUT2D eigenvalue weighted by Gasteiger charge is -2.35. The van der Waals surface area contributed by atoms with Crippen LogP contribution in [0.2, 0.25) is 0 Å². The predicted molar refractivity (Wildman–Crippen MR) is 83.4 cm³/mol. The highest BCUT2D eigenvalue weighted by molar-refractivity contribution is 5.16. The molecule has 0 spiro atoms. The number of piperidine rings is 1. The Morgan fingerprint density at radius 2 is 2.24 bits per heavy atom. The Morgan fingerprint density at radius 1 is 1.43 bits per heavy atom. The van der Waals surface area contributed by atoms with Crippen molar-refractivity contribution in [2.75, 3.05) is 13.1 Å². The monoisotopic (exact) mass is 287 g/mol. The Kier molecular flexibility index (Phi) is 4.15. The molecule has 3 rings (SSSR count). The van der Waals surface area contributed by atoms with Gasteiger partial charge in [0.25, 0.3) is 0 Å². The number of furan rings is 1. The van der Waals surface area contributed by atoms with E-state index in [1.807, 2.05) is 12.4 Å². The van der Waals surface area contributed by atoms with Gasteiger partial charge in [0.1, 0.15) is 5.76 Å². The van der Waals surface area contributed by atoms with E-state index in [9.17, 15) is 0 Å².